The molecule has 26 heavy (non-hydrogen) atoms. The molecule has 136 valence electrons. The molecule has 0 bridgehead atoms. The highest BCUT2D eigenvalue weighted by Crippen LogP contribution is 2.30. The highest BCUT2D eigenvalue weighted by molar-refractivity contribution is 14.1. The molecule has 0 aliphatic rings. The second kappa shape index (κ2) is 9.70. The SMILES string of the molecule is CC(=O)NC(=Cc1cc(I)c(OCc2cccc(Br)c2)c(I)c1)C(=O)O. The first-order chi connectivity index (χ1) is 12.3. The van der Waals surface area contributed by atoms with Crippen molar-refractivity contribution in [2.75, 3.05) is 0 Å². The average molecular weight is 642 g/mol. The van der Waals surface area contributed by atoms with E-state index in [9.17, 15) is 14.7 Å². The summed E-state index contributed by atoms with van der Waals surface area (Å²) in [6, 6.07) is 11.5. The molecule has 0 aliphatic heterocycles. The van der Waals surface area contributed by atoms with Crippen molar-refractivity contribution in [1.82, 2.24) is 5.32 Å². The smallest absolute Gasteiger partial charge is 0.352 e. The van der Waals surface area contributed by atoms with Gasteiger partial charge in [-0.2, -0.15) is 0 Å². The van der Waals surface area contributed by atoms with E-state index in [0.717, 1.165) is 22.9 Å². The van der Waals surface area contributed by atoms with Crippen molar-refractivity contribution in [1.29, 1.82) is 0 Å². The van der Waals surface area contributed by atoms with Gasteiger partial charge in [0.1, 0.15) is 18.1 Å². The summed E-state index contributed by atoms with van der Waals surface area (Å²) in [5, 5.41) is 11.5. The number of carbonyl (C=O) groups is 2. The van der Waals surface area contributed by atoms with E-state index in [0.29, 0.717) is 12.2 Å². The fraction of sp³-hybridized carbons (Fsp3) is 0.111. The summed E-state index contributed by atoms with van der Waals surface area (Å²) in [5.41, 5.74) is 1.53. The Morgan fingerprint density at radius 1 is 1.23 bits per heavy atom. The van der Waals surface area contributed by atoms with Crippen LogP contribution in [0.5, 0.6) is 5.75 Å². The van der Waals surface area contributed by atoms with Gasteiger partial charge >= 0.3 is 5.97 Å². The van der Waals surface area contributed by atoms with Crippen molar-refractivity contribution in [3.63, 3.8) is 0 Å². The van der Waals surface area contributed by atoms with Crippen molar-refractivity contribution in [2.45, 2.75) is 13.5 Å². The van der Waals surface area contributed by atoms with E-state index < -0.39 is 11.9 Å². The zero-order valence-corrected chi connectivity index (χ0v) is 19.5. The lowest BCUT2D eigenvalue weighted by atomic mass is 10.2. The maximum atomic E-state index is 11.2. The molecule has 0 fully saturated rings. The topological polar surface area (TPSA) is 75.6 Å². The standard InChI is InChI=1S/C18H14BrI2NO4/c1-10(23)22-16(18(24)25)8-12-6-14(20)17(15(21)7-12)26-9-11-3-2-4-13(19)5-11/h2-8H,9H2,1H3,(H,22,23)(H,24,25). The van der Waals surface area contributed by atoms with Gasteiger partial charge < -0.3 is 15.2 Å². The van der Waals surface area contributed by atoms with Crippen LogP contribution in [-0.2, 0) is 16.2 Å². The predicted octanol–water partition coefficient (Wildman–Crippen LogP) is 4.80. The number of amides is 1. The number of halogens is 3. The normalized spacial score (nSPS) is 11.2. The molecule has 0 saturated carbocycles. The van der Waals surface area contributed by atoms with Gasteiger partial charge in [0.15, 0.2) is 0 Å². The number of carboxylic acid groups (broad SMARTS) is 1. The minimum absolute atomic E-state index is 0.174. The first-order valence-corrected chi connectivity index (χ1v) is 10.3. The maximum absolute atomic E-state index is 11.2. The molecule has 0 saturated heterocycles. The molecule has 1 amide bonds. The Hall–Kier alpha value is -1.14. The van der Waals surface area contributed by atoms with Crippen LogP contribution in [0.2, 0.25) is 0 Å². The van der Waals surface area contributed by atoms with Crippen LogP contribution in [0.3, 0.4) is 0 Å². The molecule has 5 nitrogen and oxygen atoms in total. The third kappa shape index (κ3) is 6.23. The van der Waals surface area contributed by atoms with Gasteiger partial charge in [0.25, 0.3) is 0 Å². The minimum atomic E-state index is -1.19. The van der Waals surface area contributed by atoms with Gasteiger partial charge in [-0.3, -0.25) is 4.79 Å². The zero-order chi connectivity index (χ0) is 19.3. The molecule has 0 aromatic heterocycles. The molecule has 0 spiro atoms. The lowest BCUT2D eigenvalue weighted by Gasteiger charge is -2.12. The van der Waals surface area contributed by atoms with Crippen molar-refractivity contribution in [2.24, 2.45) is 0 Å². The van der Waals surface area contributed by atoms with Crippen molar-refractivity contribution < 1.29 is 19.4 Å². The van der Waals surface area contributed by atoms with E-state index in [4.69, 9.17) is 4.74 Å². The Bertz CT molecular complexity index is 860. The second-order valence-electron chi connectivity index (χ2n) is 5.28. The fourth-order valence-electron chi connectivity index (χ4n) is 2.09. The van der Waals surface area contributed by atoms with Gasteiger partial charge in [0, 0.05) is 11.4 Å². The predicted molar refractivity (Wildman–Crippen MR) is 120 cm³/mol. The Kier molecular flexibility index (Phi) is 7.89. The number of hydrogen-bond donors (Lipinski definition) is 2. The van der Waals surface area contributed by atoms with E-state index in [2.05, 4.69) is 66.4 Å². The van der Waals surface area contributed by atoms with Gasteiger partial charge in [-0.05, 0) is 86.7 Å². The molecular formula is C18H14BrI2NO4. The fourth-order valence-corrected chi connectivity index (χ4v) is 4.66. The molecule has 2 rings (SSSR count). The molecule has 8 heteroatoms. The van der Waals surface area contributed by atoms with Crippen LogP contribution in [0.4, 0.5) is 0 Å². The minimum Gasteiger partial charge on any atom is -0.487 e. The molecule has 0 atom stereocenters. The number of benzene rings is 2. The number of carboxylic acids is 1. The number of nitrogens with one attached hydrogen (secondary N) is 1. The van der Waals surface area contributed by atoms with Gasteiger partial charge in [-0.25, -0.2) is 4.79 Å². The van der Waals surface area contributed by atoms with Crippen molar-refractivity contribution in [3.05, 3.63) is 64.8 Å². The third-order valence-corrected chi connectivity index (χ3v) is 5.24. The highest BCUT2D eigenvalue weighted by Gasteiger charge is 2.12. The number of aliphatic carboxylic acids is 1. The summed E-state index contributed by atoms with van der Waals surface area (Å²) in [6.45, 7) is 1.69. The van der Waals surface area contributed by atoms with Crippen LogP contribution in [0, 0.1) is 7.14 Å². The molecule has 0 unspecified atom stereocenters. The summed E-state index contributed by atoms with van der Waals surface area (Å²) < 4.78 is 8.63. The summed E-state index contributed by atoms with van der Waals surface area (Å²) in [7, 11) is 0. The van der Waals surface area contributed by atoms with Crippen molar-refractivity contribution >= 4 is 79.1 Å². The van der Waals surface area contributed by atoms with Crippen LogP contribution < -0.4 is 10.1 Å². The van der Waals surface area contributed by atoms with Crippen LogP contribution >= 0.6 is 61.1 Å². The Morgan fingerprint density at radius 3 is 2.42 bits per heavy atom. The van der Waals surface area contributed by atoms with Crippen LogP contribution in [0.1, 0.15) is 18.1 Å². The van der Waals surface area contributed by atoms with Gasteiger partial charge in [0.2, 0.25) is 5.91 Å². The third-order valence-electron chi connectivity index (χ3n) is 3.14. The molecular weight excluding hydrogens is 628 g/mol. The molecule has 2 aromatic rings. The average Bonchev–Trinajstić information content (AvgIpc) is 2.53. The zero-order valence-electron chi connectivity index (χ0n) is 13.6. The van der Waals surface area contributed by atoms with Gasteiger partial charge in [-0.15, -0.1) is 0 Å². The molecule has 2 aromatic carbocycles. The number of rotatable bonds is 6. The first kappa shape index (κ1) is 21.2. The largest absolute Gasteiger partial charge is 0.487 e. The van der Waals surface area contributed by atoms with Crippen LogP contribution in [0.25, 0.3) is 6.08 Å². The van der Waals surface area contributed by atoms with E-state index in [1.807, 2.05) is 36.4 Å². The quantitative estimate of drug-likeness (QED) is 0.351. The van der Waals surface area contributed by atoms with E-state index in [1.54, 1.807) is 0 Å². The van der Waals surface area contributed by atoms with E-state index in [-0.39, 0.29) is 5.70 Å². The summed E-state index contributed by atoms with van der Waals surface area (Å²) in [5.74, 6) is -0.892. The lowest BCUT2D eigenvalue weighted by Crippen LogP contribution is -2.24. The second-order valence-corrected chi connectivity index (χ2v) is 8.52. The summed E-state index contributed by atoms with van der Waals surface area (Å²) in [4.78, 5) is 22.4. The molecule has 0 heterocycles. The van der Waals surface area contributed by atoms with E-state index in [1.165, 1.54) is 13.0 Å². The van der Waals surface area contributed by atoms with Crippen LogP contribution in [0.15, 0.2) is 46.6 Å². The summed E-state index contributed by atoms with van der Waals surface area (Å²) in [6.07, 6.45) is 1.42. The highest BCUT2D eigenvalue weighted by atomic mass is 127. The molecule has 0 radical (unpaired) electrons. The number of hydrogen-bond acceptors (Lipinski definition) is 3. The van der Waals surface area contributed by atoms with Crippen molar-refractivity contribution in [3.8, 4) is 5.75 Å². The summed E-state index contributed by atoms with van der Waals surface area (Å²) >= 11 is 7.73. The van der Waals surface area contributed by atoms with Gasteiger partial charge in [-0.1, -0.05) is 28.1 Å². The maximum Gasteiger partial charge on any atom is 0.352 e. The molecule has 0 aliphatic carbocycles. The lowest BCUT2D eigenvalue weighted by molar-refractivity contribution is -0.134. The van der Waals surface area contributed by atoms with Crippen LogP contribution in [-0.4, -0.2) is 17.0 Å². The number of carbonyl (C=O) groups excluding carboxylic acids is 1. The monoisotopic (exact) mass is 641 g/mol. The Morgan fingerprint density at radius 2 is 1.88 bits per heavy atom. The number of ether oxygens (including phenoxy) is 1. The molecule has 2 N–H and O–H groups in total. The Balaban J connectivity index is 2.24. The Labute approximate surface area is 186 Å². The van der Waals surface area contributed by atoms with Gasteiger partial charge in [0.05, 0.1) is 7.14 Å². The first-order valence-electron chi connectivity index (χ1n) is 7.35. The van der Waals surface area contributed by atoms with E-state index >= 15 is 0 Å².